The second kappa shape index (κ2) is 9.83. The topological polar surface area (TPSA) is 94.2 Å². The lowest BCUT2D eigenvalue weighted by atomic mass is 10.2. The van der Waals surface area contributed by atoms with Crippen LogP contribution in [0.1, 0.15) is 10.4 Å². The number of hydrogen-bond donors (Lipinski definition) is 1. The van der Waals surface area contributed by atoms with E-state index < -0.39 is 10.0 Å². The molecule has 0 bridgehead atoms. The first-order chi connectivity index (χ1) is 15.9. The van der Waals surface area contributed by atoms with Gasteiger partial charge in [0.15, 0.2) is 11.5 Å². The molecule has 1 amide bonds. The largest absolute Gasteiger partial charge is 0.492 e. The Balaban J connectivity index is 1.41. The summed E-state index contributed by atoms with van der Waals surface area (Å²) in [5.41, 5.74) is 0.643. The Morgan fingerprint density at radius 1 is 0.970 bits per heavy atom. The highest BCUT2D eigenvalue weighted by atomic mass is 32.2. The van der Waals surface area contributed by atoms with Crippen LogP contribution in [0.15, 0.2) is 77.7 Å². The molecule has 0 aliphatic carbocycles. The first kappa shape index (κ1) is 22.5. The van der Waals surface area contributed by atoms with E-state index >= 15 is 0 Å². The second-order valence-electron chi connectivity index (χ2n) is 7.38. The number of ether oxygens (including phenoxy) is 3. The van der Waals surface area contributed by atoms with Crippen molar-refractivity contribution in [2.24, 2.45) is 0 Å². The molecule has 3 aromatic rings. The van der Waals surface area contributed by atoms with Crippen LogP contribution >= 0.6 is 0 Å². The molecule has 172 valence electrons. The molecule has 9 heteroatoms. The third kappa shape index (κ3) is 5.56. The van der Waals surface area contributed by atoms with Crippen molar-refractivity contribution in [1.29, 1.82) is 0 Å². The van der Waals surface area contributed by atoms with Gasteiger partial charge < -0.3 is 19.1 Å². The molecule has 3 aromatic carbocycles. The molecule has 33 heavy (non-hydrogen) atoms. The molecular formula is C24H24N2O6S. The van der Waals surface area contributed by atoms with Crippen molar-refractivity contribution in [3.63, 3.8) is 0 Å². The summed E-state index contributed by atoms with van der Waals surface area (Å²) in [6, 6.07) is 20.1. The number of sulfonamides is 1. The molecule has 4 rings (SSSR count). The Hall–Kier alpha value is -3.72. The number of para-hydroxylation sites is 1. The Kier molecular flexibility index (Phi) is 6.69. The van der Waals surface area contributed by atoms with E-state index in [0.29, 0.717) is 43.4 Å². The van der Waals surface area contributed by atoms with Crippen molar-refractivity contribution in [3.05, 3.63) is 78.4 Å². The van der Waals surface area contributed by atoms with Crippen molar-refractivity contribution >= 4 is 21.6 Å². The minimum absolute atomic E-state index is 0.0404. The molecule has 0 spiro atoms. The highest BCUT2D eigenvalue weighted by molar-refractivity contribution is 7.92. The van der Waals surface area contributed by atoms with E-state index in [-0.39, 0.29) is 16.5 Å². The SMILES string of the molecule is CN(CCOc1ccccc1)C(=O)c1cccc(NS(=O)(=O)c2ccc3c(c2)OCCO3)c1. The summed E-state index contributed by atoms with van der Waals surface area (Å²) in [5, 5.41) is 0. The first-order valence-corrected chi connectivity index (χ1v) is 11.9. The summed E-state index contributed by atoms with van der Waals surface area (Å²) >= 11 is 0. The van der Waals surface area contributed by atoms with E-state index in [0.717, 1.165) is 5.75 Å². The van der Waals surface area contributed by atoms with E-state index in [1.807, 2.05) is 30.3 Å². The number of hydrogen-bond acceptors (Lipinski definition) is 6. The summed E-state index contributed by atoms with van der Waals surface area (Å²) in [7, 11) is -2.22. The molecule has 0 aromatic heterocycles. The van der Waals surface area contributed by atoms with Gasteiger partial charge in [-0.05, 0) is 42.5 Å². The van der Waals surface area contributed by atoms with Crippen LogP contribution in [-0.2, 0) is 10.0 Å². The molecule has 0 saturated carbocycles. The fourth-order valence-electron chi connectivity index (χ4n) is 3.26. The highest BCUT2D eigenvalue weighted by Gasteiger charge is 2.20. The monoisotopic (exact) mass is 468 g/mol. The summed E-state index contributed by atoms with van der Waals surface area (Å²) in [6.45, 7) is 1.49. The molecule has 1 aliphatic heterocycles. The highest BCUT2D eigenvalue weighted by Crippen LogP contribution is 2.32. The molecular weight excluding hydrogens is 444 g/mol. The number of rotatable bonds is 8. The third-order valence-corrected chi connectivity index (χ3v) is 6.35. The minimum Gasteiger partial charge on any atom is -0.492 e. The lowest BCUT2D eigenvalue weighted by Crippen LogP contribution is -2.31. The van der Waals surface area contributed by atoms with Crippen molar-refractivity contribution < 1.29 is 27.4 Å². The van der Waals surface area contributed by atoms with Crippen molar-refractivity contribution in [2.45, 2.75) is 4.90 Å². The van der Waals surface area contributed by atoms with Crippen molar-refractivity contribution in [3.8, 4) is 17.2 Å². The maximum Gasteiger partial charge on any atom is 0.262 e. The number of nitrogens with zero attached hydrogens (tertiary/aromatic N) is 1. The first-order valence-electron chi connectivity index (χ1n) is 10.4. The molecule has 0 saturated heterocycles. The number of amides is 1. The van der Waals surface area contributed by atoms with Gasteiger partial charge in [-0.2, -0.15) is 0 Å². The summed E-state index contributed by atoms with van der Waals surface area (Å²) < 4.78 is 44.8. The lowest BCUT2D eigenvalue weighted by molar-refractivity contribution is 0.0774. The van der Waals surface area contributed by atoms with Gasteiger partial charge in [0.05, 0.1) is 11.4 Å². The van der Waals surface area contributed by atoms with Gasteiger partial charge in [0, 0.05) is 24.4 Å². The van der Waals surface area contributed by atoms with Crippen molar-refractivity contribution in [1.82, 2.24) is 4.90 Å². The Bertz CT molecular complexity index is 1230. The molecule has 0 radical (unpaired) electrons. The average Bonchev–Trinajstić information content (AvgIpc) is 2.83. The quantitative estimate of drug-likeness (QED) is 0.545. The van der Waals surface area contributed by atoms with Gasteiger partial charge in [-0.3, -0.25) is 9.52 Å². The fraction of sp³-hybridized carbons (Fsp3) is 0.208. The van der Waals surface area contributed by atoms with Crippen LogP contribution in [0.5, 0.6) is 17.2 Å². The van der Waals surface area contributed by atoms with Gasteiger partial charge in [-0.25, -0.2) is 8.42 Å². The van der Waals surface area contributed by atoms with Crippen molar-refractivity contribution in [2.75, 3.05) is 38.1 Å². The van der Waals surface area contributed by atoms with Crippen LogP contribution in [0.2, 0.25) is 0 Å². The van der Waals surface area contributed by atoms with Crippen LogP contribution in [0, 0.1) is 0 Å². The molecule has 1 aliphatic rings. The predicted octanol–water partition coefficient (Wildman–Crippen LogP) is 3.41. The standard InChI is InChI=1S/C24H24N2O6S/c1-26(12-13-30-20-8-3-2-4-9-20)24(27)18-6-5-7-19(16-18)25-33(28,29)21-10-11-22-23(17-21)32-15-14-31-22/h2-11,16-17,25H,12-15H2,1H3. The number of benzene rings is 3. The predicted molar refractivity (Wildman–Crippen MR) is 124 cm³/mol. The van der Waals surface area contributed by atoms with Gasteiger partial charge in [0.1, 0.15) is 25.6 Å². The number of anilines is 1. The lowest BCUT2D eigenvalue weighted by Gasteiger charge is -2.19. The zero-order valence-electron chi connectivity index (χ0n) is 18.1. The Morgan fingerprint density at radius 3 is 2.52 bits per heavy atom. The van der Waals surface area contributed by atoms with E-state index in [1.54, 1.807) is 31.3 Å². The average molecular weight is 469 g/mol. The van der Waals surface area contributed by atoms with E-state index in [9.17, 15) is 13.2 Å². The van der Waals surface area contributed by atoms with Crippen LogP contribution in [0.3, 0.4) is 0 Å². The van der Waals surface area contributed by atoms with Gasteiger partial charge in [0.25, 0.3) is 15.9 Å². The number of nitrogens with one attached hydrogen (secondary N) is 1. The van der Waals surface area contributed by atoms with Crippen LogP contribution in [0.25, 0.3) is 0 Å². The zero-order chi connectivity index (χ0) is 23.3. The van der Waals surface area contributed by atoms with Gasteiger partial charge in [-0.1, -0.05) is 24.3 Å². The van der Waals surface area contributed by atoms with Gasteiger partial charge >= 0.3 is 0 Å². The van der Waals surface area contributed by atoms with E-state index in [4.69, 9.17) is 14.2 Å². The van der Waals surface area contributed by atoms with Crippen LogP contribution in [-0.4, -0.2) is 52.6 Å². The fourth-order valence-corrected chi connectivity index (χ4v) is 4.32. The second-order valence-corrected chi connectivity index (χ2v) is 9.06. The molecule has 1 N–H and O–H groups in total. The van der Waals surface area contributed by atoms with Crippen LogP contribution in [0.4, 0.5) is 5.69 Å². The Morgan fingerprint density at radius 2 is 1.73 bits per heavy atom. The third-order valence-electron chi connectivity index (χ3n) is 4.97. The molecule has 0 fully saturated rings. The molecule has 8 nitrogen and oxygen atoms in total. The van der Waals surface area contributed by atoms with Gasteiger partial charge in [-0.15, -0.1) is 0 Å². The molecule has 1 heterocycles. The maximum atomic E-state index is 12.9. The zero-order valence-corrected chi connectivity index (χ0v) is 18.9. The number of fused-ring (bicyclic) bond motifs is 1. The normalized spacial score (nSPS) is 12.6. The van der Waals surface area contributed by atoms with E-state index in [1.165, 1.54) is 23.1 Å². The number of carbonyl (C=O) groups excluding carboxylic acids is 1. The molecule has 0 atom stereocenters. The number of likely N-dealkylation sites (N-methyl/N-ethyl adjacent to an activating group) is 1. The smallest absolute Gasteiger partial charge is 0.262 e. The number of carbonyl (C=O) groups is 1. The van der Waals surface area contributed by atoms with E-state index in [2.05, 4.69) is 4.72 Å². The molecule has 0 unspecified atom stereocenters. The summed E-state index contributed by atoms with van der Waals surface area (Å²) in [5.74, 6) is 1.38. The summed E-state index contributed by atoms with van der Waals surface area (Å²) in [6.07, 6.45) is 0. The Labute approximate surface area is 192 Å². The van der Waals surface area contributed by atoms with Gasteiger partial charge in [0.2, 0.25) is 0 Å². The minimum atomic E-state index is -3.88. The van der Waals surface area contributed by atoms with Crippen LogP contribution < -0.4 is 18.9 Å². The summed E-state index contributed by atoms with van der Waals surface area (Å²) in [4.78, 5) is 14.4. The maximum absolute atomic E-state index is 12.9.